The molecule has 0 aliphatic carbocycles. The standard InChI is InChI=1S/C23H27N5OS/c1-29-20-11-9-17(10-12-20)13-14-24-23(30)25-19-7-5-6-18(16-19)22-27-26-21-8-3-2-4-15-28(21)22/h5-7,9-12,16H,2-4,8,13-15H2,1H3,(H2,24,25,30). The lowest BCUT2D eigenvalue weighted by Gasteiger charge is -2.12. The molecule has 0 unspecified atom stereocenters. The molecule has 0 amide bonds. The maximum atomic E-state index is 5.47. The van der Waals surface area contributed by atoms with Crippen molar-refractivity contribution < 1.29 is 4.74 Å². The highest BCUT2D eigenvalue weighted by Crippen LogP contribution is 2.24. The number of rotatable bonds is 6. The summed E-state index contributed by atoms with van der Waals surface area (Å²) < 4.78 is 7.46. The van der Waals surface area contributed by atoms with Gasteiger partial charge < -0.3 is 19.9 Å². The Morgan fingerprint density at radius 1 is 1.10 bits per heavy atom. The van der Waals surface area contributed by atoms with Gasteiger partial charge in [0, 0.05) is 30.8 Å². The molecule has 0 fully saturated rings. The van der Waals surface area contributed by atoms with Gasteiger partial charge in [0.2, 0.25) is 0 Å². The van der Waals surface area contributed by atoms with Crippen molar-refractivity contribution in [2.45, 2.75) is 38.6 Å². The van der Waals surface area contributed by atoms with E-state index in [0.717, 1.165) is 54.6 Å². The zero-order valence-electron chi connectivity index (χ0n) is 17.2. The molecule has 0 spiro atoms. The Balaban J connectivity index is 1.35. The van der Waals surface area contributed by atoms with Crippen LogP contribution in [0.1, 0.15) is 30.7 Å². The van der Waals surface area contributed by atoms with Gasteiger partial charge in [-0.05, 0) is 61.3 Å². The molecule has 0 saturated carbocycles. The van der Waals surface area contributed by atoms with E-state index >= 15 is 0 Å². The van der Waals surface area contributed by atoms with E-state index in [-0.39, 0.29) is 0 Å². The van der Waals surface area contributed by atoms with Gasteiger partial charge in [-0.1, -0.05) is 30.7 Å². The van der Waals surface area contributed by atoms with Crippen molar-refractivity contribution in [1.82, 2.24) is 20.1 Å². The van der Waals surface area contributed by atoms with Gasteiger partial charge in [-0.2, -0.15) is 0 Å². The zero-order valence-corrected chi connectivity index (χ0v) is 18.0. The highest BCUT2D eigenvalue weighted by molar-refractivity contribution is 7.80. The first-order chi connectivity index (χ1) is 14.7. The normalized spacial score (nSPS) is 13.2. The third-order valence-corrected chi connectivity index (χ3v) is 5.59. The molecule has 0 atom stereocenters. The number of nitrogens with zero attached hydrogens (tertiary/aromatic N) is 3. The number of ether oxygens (including phenoxy) is 1. The van der Waals surface area contributed by atoms with Crippen LogP contribution in [0.3, 0.4) is 0 Å². The SMILES string of the molecule is COc1ccc(CCNC(=S)Nc2cccc(-c3nnc4n3CCCCC4)c2)cc1. The maximum absolute atomic E-state index is 5.47. The molecule has 6 nitrogen and oxygen atoms in total. The predicted octanol–water partition coefficient (Wildman–Crippen LogP) is 4.21. The van der Waals surface area contributed by atoms with E-state index in [0.29, 0.717) is 5.11 Å². The van der Waals surface area contributed by atoms with Crippen LogP contribution in [-0.2, 0) is 19.4 Å². The van der Waals surface area contributed by atoms with Crippen LogP contribution in [0.25, 0.3) is 11.4 Å². The molecule has 2 N–H and O–H groups in total. The first kappa shape index (κ1) is 20.3. The van der Waals surface area contributed by atoms with Crippen LogP contribution in [0.5, 0.6) is 5.75 Å². The molecule has 0 bridgehead atoms. The lowest BCUT2D eigenvalue weighted by Crippen LogP contribution is -2.30. The molecular formula is C23H27N5OS. The zero-order chi connectivity index (χ0) is 20.8. The minimum absolute atomic E-state index is 0.612. The summed E-state index contributed by atoms with van der Waals surface area (Å²) in [6, 6.07) is 16.3. The van der Waals surface area contributed by atoms with E-state index in [1.54, 1.807) is 7.11 Å². The second-order valence-corrected chi connectivity index (χ2v) is 7.87. The van der Waals surface area contributed by atoms with Crippen LogP contribution in [0.2, 0.25) is 0 Å². The second kappa shape index (κ2) is 9.71. The van der Waals surface area contributed by atoms with Crippen LogP contribution < -0.4 is 15.4 Å². The van der Waals surface area contributed by atoms with E-state index < -0.39 is 0 Å². The molecule has 0 saturated heterocycles. The molecule has 0 radical (unpaired) electrons. The van der Waals surface area contributed by atoms with Gasteiger partial charge in [-0.3, -0.25) is 0 Å². The summed E-state index contributed by atoms with van der Waals surface area (Å²) in [5.41, 5.74) is 3.24. The molecule has 2 aromatic carbocycles. The van der Waals surface area contributed by atoms with E-state index in [4.69, 9.17) is 17.0 Å². The molecule has 4 rings (SSSR count). The molecule has 7 heteroatoms. The number of benzene rings is 2. The van der Waals surface area contributed by atoms with Gasteiger partial charge in [-0.15, -0.1) is 10.2 Å². The lowest BCUT2D eigenvalue weighted by molar-refractivity contribution is 0.414. The van der Waals surface area contributed by atoms with E-state index in [1.165, 1.54) is 24.8 Å². The van der Waals surface area contributed by atoms with Crippen LogP contribution in [0, 0.1) is 0 Å². The summed E-state index contributed by atoms with van der Waals surface area (Å²) in [6.07, 6.45) is 5.51. The lowest BCUT2D eigenvalue weighted by atomic mass is 10.1. The largest absolute Gasteiger partial charge is 0.497 e. The Hall–Kier alpha value is -2.93. The Morgan fingerprint density at radius 3 is 2.80 bits per heavy atom. The van der Waals surface area contributed by atoms with Crippen molar-refractivity contribution in [2.75, 3.05) is 19.0 Å². The number of thiocarbonyl (C=S) groups is 1. The second-order valence-electron chi connectivity index (χ2n) is 7.46. The molecule has 1 aliphatic heterocycles. The number of anilines is 1. The van der Waals surface area contributed by atoms with Crippen molar-refractivity contribution in [3.05, 3.63) is 59.9 Å². The first-order valence-electron chi connectivity index (χ1n) is 10.4. The van der Waals surface area contributed by atoms with Gasteiger partial charge in [0.25, 0.3) is 0 Å². The van der Waals surface area contributed by atoms with Crippen molar-refractivity contribution in [2.24, 2.45) is 0 Å². The number of nitrogens with one attached hydrogen (secondary N) is 2. The van der Waals surface area contributed by atoms with Crippen LogP contribution >= 0.6 is 12.2 Å². The van der Waals surface area contributed by atoms with Gasteiger partial charge >= 0.3 is 0 Å². The Morgan fingerprint density at radius 2 is 1.97 bits per heavy atom. The summed E-state index contributed by atoms with van der Waals surface area (Å²) in [6.45, 7) is 1.75. The number of hydrogen-bond acceptors (Lipinski definition) is 4. The topological polar surface area (TPSA) is 64.0 Å². The number of aryl methyl sites for hydroxylation is 1. The number of methoxy groups -OCH3 is 1. The molecule has 2 heterocycles. The van der Waals surface area contributed by atoms with Crippen molar-refractivity contribution in [3.63, 3.8) is 0 Å². The average Bonchev–Trinajstić information content (AvgIpc) is 3.02. The van der Waals surface area contributed by atoms with E-state index in [1.807, 2.05) is 24.3 Å². The summed E-state index contributed by atoms with van der Waals surface area (Å²) in [5, 5.41) is 16.0. The fourth-order valence-corrected chi connectivity index (χ4v) is 3.94. The van der Waals surface area contributed by atoms with Crippen LogP contribution in [0.4, 0.5) is 5.69 Å². The third kappa shape index (κ3) is 4.97. The van der Waals surface area contributed by atoms with Gasteiger partial charge in [0.15, 0.2) is 10.9 Å². The van der Waals surface area contributed by atoms with E-state index in [2.05, 4.69) is 49.7 Å². The quantitative estimate of drug-likeness (QED) is 0.582. The Labute approximate surface area is 182 Å². The highest BCUT2D eigenvalue weighted by Gasteiger charge is 2.16. The maximum Gasteiger partial charge on any atom is 0.170 e. The third-order valence-electron chi connectivity index (χ3n) is 5.35. The molecule has 30 heavy (non-hydrogen) atoms. The Kier molecular flexibility index (Phi) is 6.59. The van der Waals surface area contributed by atoms with Crippen molar-refractivity contribution >= 4 is 23.0 Å². The summed E-state index contributed by atoms with van der Waals surface area (Å²) in [7, 11) is 1.68. The number of aromatic nitrogens is 3. The van der Waals surface area contributed by atoms with E-state index in [9.17, 15) is 0 Å². The first-order valence-corrected chi connectivity index (χ1v) is 10.8. The van der Waals surface area contributed by atoms with Gasteiger partial charge in [-0.25, -0.2) is 0 Å². The van der Waals surface area contributed by atoms with Crippen molar-refractivity contribution in [1.29, 1.82) is 0 Å². The minimum Gasteiger partial charge on any atom is -0.497 e. The fraction of sp³-hybridized carbons (Fsp3) is 0.348. The summed E-state index contributed by atoms with van der Waals surface area (Å²) in [4.78, 5) is 0. The molecule has 156 valence electrons. The molecule has 3 aromatic rings. The Bertz CT molecular complexity index is 999. The minimum atomic E-state index is 0.612. The van der Waals surface area contributed by atoms with Gasteiger partial charge in [0.05, 0.1) is 7.11 Å². The predicted molar refractivity (Wildman–Crippen MR) is 124 cm³/mol. The average molecular weight is 422 g/mol. The van der Waals surface area contributed by atoms with Crippen LogP contribution in [0.15, 0.2) is 48.5 Å². The molecule has 1 aromatic heterocycles. The number of fused-ring (bicyclic) bond motifs is 1. The smallest absolute Gasteiger partial charge is 0.170 e. The monoisotopic (exact) mass is 421 g/mol. The van der Waals surface area contributed by atoms with Gasteiger partial charge in [0.1, 0.15) is 11.6 Å². The molecule has 1 aliphatic rings. The number of hydrogen-bond donors (Lipinski definition) is 2. The highest BCUT2D eigenvalue weighted by atomic mass is 32.1. The fourth-order valence-electron chi connectivity index (χ4n) is 3.72. The van der Waals surface area contributed by atoms with Crippen LogP contribution in [-0.4, -0.2) is 33.5 Å². The molecular weight excluding hydrogens is 394 g/mol. The van der Waals surface area contributed by atoms with Crippen molar-refractivity contribution in [3.8, 4) is 17.1 Å². The summed E-state index contributed by atoms with van der Waals surface area (Å²) >= 11 is 5.47. The summed E-state index contributed by atoms with van der Waals surface area (Å²) in [5.74, 6) is 2.90.